The summed E-state index contributed by atoms with van der Waals surface area (Å²) in [7, 11) is -3.35. The second-order valence-electron chi connectivity index (χ2n) is 5.74. The highest BCUT2D eigenvalue weighted by molar-refractivity contribution is 7.98. The van der Waals surface area contributed by atoms with Crippen LogP contribution in [0.3, 0.4) is 0 Å². The largest absolute Gasteiger partial charge is 0.481 e. The summed E-state index contributed by atoms with van der Waals surface area (Å²) < 4.78 is 24.0. The van der Waals surface area contributed by atoms with Crippen LogP contribution < -0.4 is 5.32 Å². The van der Waals surface area contributed by atoms with Crippen molar-refractivity contribution in [2.24, 2.45) is 0 Å². The number of amides is 1. The average molecular weight is 371 g/mol. The number of thioether (sulfide) groups is 1. The highest BCUT2D eigenvalue weighted by atomic mass is 32.2. The Labute approximate surface area is 145 Å². The monoisotopic (exact) mass is 371 g/mol. The molecule has 0 aliphatic carbocycles. The number of rotatable bonds is 7. The lowest BCUT2D eigenvalue weighted by atomic mass is 10.1. The van der Waals surface area contributed by atoms with E-state index < -0.39 is 27.0 Å². The molecule has 132 valence electrons. The lowest BCUT2D eigenvalue weighted by Crippen LogP contribution is -2.39. The number of aliphatic carboxylic acids is 1. The molecular formula is C16H21NO5S2. The van der Waals surface area contributed by atoms with E-state index in [0.717, 1.165) is 12.0 Å². The van der Waals surface area contributed by atoms with E-state index in [9.17, 15) is 18.0 Å². The molecule has 1 atom stereocenters. The number of hydrogen-bond acceptors (Lipinski definition) is 5. The minimum absolute atomic E-state index is 0.0747. The Balaban J connectivity index is 1.93. The average Bonchev–Trinajstić information content (AvgIpc) is 2.51. The molecule has 1 fully saturated rings. The molecule has 24 heavy (non-hydrogen) atoms. The molecule has 1 aliphatic heterocycles. The summed E-state index contributed by atoms with van der Waals surface area (Å²) in [4.78, 5) is 22.7. The Hall–Kier alpha value is -1.54. The molecule has 1 saturated heterocycles. The van der Waals surface area contributed by atoms with Gasteiger partial charge in [0, 0.05) is 17.2 Å². The van der Waals surface area contributed by atoms with Crippen molar-refractivity contribution < 1.29 is 23.1 Å². The number of carbonyl (C=O) groups is 2. The van der Waals surface area contributed by atoms with Crippen LogP contribution in [0.15, 0.2) is 24.3 Å². The van der Waals surface area contributed by atoms with Gasteiger partial charge in [-0.05, 0) is 30.5 Å². The van der Waals surface area contributed by atoms with E-state index in [-0.39, 0.29) is 12.2 Å². The first kappa shape index (κ1) is 18.8. The maximum absolute atomic E-state index is 12.3. The second-order valence-corrected chi connectivity index (χ2v) is 9.15. The lowest BCUT2D eigenvalue weighted by Gasteiger charge is -2.21. The van der Waals surface area contributed by atoms with Gasteiger partial charge in [0.2, 0.25) is 5.91 Å². The quantitative estimate of drug-likeness (QED) is 0.713. The van der Waals surface area contributed by atoms with Crippen molar-refractivity contribution in [3.05, 3.63) is 29.8 Å². The first-order valence-electron chi connectivity index (χ1n) is 7.79. The molecule has 1 aromatic rings. The summed E-state index contributed by atoms with van der Waals surface area (Å²) in [6, 6.07) is 7.19. The van der Waals surface area contributed by atoms with Gasteiger partial charge in [-0.25, -0.2) is 8.42 Å². The van der Waals surface area contributed by atoms with Gasteiger partial charge in [-0.1, -0.05) is 18.6 Å². The van der Waals surface area contributed by atoms with Crippen molar-refractivity contribution in [2.45, 2.75) is 36.7 Å². The molecule has 2 rings (SSSR count). The number of sulfone groups is 1. The Bertz CT molecular complexity index is 702. The molecule has 1 aromatic carbocycles. The Morgan fingerprint density at radius 1 is 1.29 bits per heavy atom. The molecular weight excluding hydrogens is 350 g/mol. The summed E-state index contributed by atoms with van der Waals surface area (Å²) >= 11 is 1.50. The molecule has 0 spiro atoms. The molecule has 8 heteroatoms. The van der Waals surface area contributed by atoms with Crippen LogP contribution in [0, 0.1) is 0 Å². The number of anilines is 1. The standard InChI is InChI=1S/C16H21NO5S2/c18-15(19)7-8-23-11-12-4-3-5-13(10-12)17-16(20)14-6-1-2-9-24(14,21)22/h3-5,10,14H,1-2,6-9,11H2,(H,17,20)(H,18,19). The van der Waals surface area contributed by atoms with Crippen LogP contribution in [0.25, 0.3) is 0 Å². The van der Waals surface area contributed by atoms with Crippen LogP contribution in [-0.4, -0.2) is 42.2 Å². The van der Waals surface area contributed by atoms with E-state index in [0.29, 0.717) is 30.0 Å². The molecule has 1 aliphatic rings. The summed E-state index contributed by atoms with van der Waals surface area (Å²) in [5, 5.41) is 10.3. The second kappa shape index (κ2) is 8.53. The highest BCUT2D eigenvalue weighted by Crippen LogP contribution is 2.22. The fourth-order valence-electron chi connectivity index (χ4n) is 2.56. The number of carboxylic acids is 1. The number of hydrogen-bond donors (Lipinski definition) is 2. The van der Waals surface area contributed by atoms with Crippen LogP contribution in [0.2, 0.25) is 0 Å². The molecule has 6 nitrogen and oxygen atoms in total. The third kappa shape index (κ3) is 5.52. The van der Waals surface area contributed by atoms with Gasteiger partial charge in [0.25, 0.3) is 0 Å². The van der Waals surface area contributed by atoms with Crippen molar-refractivity contribution >= 4 is 39.2 Å². The third-order valence-corrected chi connectivity index (χ3v) is 7.00. The zero-order valence-electron chi connectivity index (χ0n) is 13.2. The van der Waals surface area contributed by atoms with Crippen molar-refractivity contribution in [3.8, 4) is 0 Å². The first-order valence-corrected chi connectivity index (χ1v) is 10.7. The van der Waals surface area contributed by atoms with Gasteiger partial charge >= 0.3 is 5.97 Å². The molecule has 1 amide bonds. The zero-order chi connectivity index (χ0) is 17.6. The van der Waals surface area contributed by atoms with E-state index in [1.807, 2.05) is 6.07 Å². The van der Waals surface area contributed by atoms with Crippen molar-refractivity contribution in [2.75, 3.05) is 16.8 Å². The van der Waals surface area contributed by atoms with Gasteiger partial charge in [0.1, 0.15) is 5.25 Å². The Morgan fingerprint density at radius 3 is 2.79 bits per heavy atom. The van der Waals surface area contributed by atoms with Crippen LogP contribution in [0.5, 0.6) is 0 Å². The van der Waals surface area contributed by atoms with Gasteiger partial charge in [-0.3, -0.25) is 9.59 Å². The summed E-state index contributed by atoms with van der Waals surface area (Å²) in [5.74, 6) is -0.0568. The number of carbonyl (C=O) groups excluding carboxylic acids is 1. The normalized spacial score (nSPS) is 19.6. The van der Waals surface area contributed by atoms with Gasteiger partial charge in [-0.15, -0.1) is 0 Å². The molecule has 0 radical (unpaired) electrons. The molecule has 2 N–H and O–H groups in total. The number of benzene rings is 1. The summed E-state index contributed by atoms with van der Waals surface area (Å²) in [6.45, 7) is 0. The predicted octanol–water partition coefficient (Wildman–Crippen LogP) is 2.30. The van der Waals surface area contributed by atoms with Crippen LogP contribution in [0.1, 0.15) is 31.2 Å². The van der Waals surface area contributed by atoms with Crippen molar-refractivity contribution in [1.82, 2.24) is 0 Å². The highest BCUT2D eigenvalue weighted by Gasteiger charge is 2.34. The van der Waals surface area contributed by atoms with E-state index in [2.05, 4.69) is 5.32 Å². The van der Waals surface area contributed by atoms with E-state index in [1.165, 1.54) is 11.8 Å². The minimum Gasteiger partial charge on any atom is -0.481 e. The van der Waals surface area contributed by atoms with Crippen molar-refractivity contribution in [3.63, 3.8) is 0 Å². The molecule has 1 unspecified atom stereocenters. The lowest BCUT2D eigenvalue weighted by molar-refractivity contribution is -0.136. The van der Waals surface area contributed by atoms with Gasteiger partial charge in [0.15, 0.2) is 9.84 Å². The maximum Gasteiger partial charge on any atom is 0.304 e. The number of carboxylic acid groups (broad SMARTS) is 1. The number of nitrogens with one attached hydrogen (secondary N) is 1. The fourth-order valence-corrected chi connectivity index (χ4v) is 5.24. The maximum atomic E-state index is 12.3. The topological polar surface area (TPSA) is 101 Å². The third-order valence-electron chi connectivity index (χ3n) is 3.79. The van der Waals surface area contributed by atoms with Crippen LogP contribution in [-0.2, 0) is 25.2 Å². The SMILES string of the molecule is O=C(O)CCSCc1cccc(NC(=O)C2CCCCS2(=O)=O)c1. The summed E-state index contributed by atoms with van der Waals surface area (Å²) in [5.41, 5.74) is 1.52. The molecule has 0 aromatic heterocycles. The Kier molecular flexibility index (Phi) is 6.68. The van der Waals surface area contributed by atoms with E-state index in [4.69, 9.17) is 5.11 Å². The Morgan fingerprint density at radius 2 is 2.08 bits per heavy atom. The molecule has 1 heterocycles. The fraction of sp³-hybridized carbons (Fsp3) is 0.500. The molecule has 0 bridgehead atoms. The van der Waals surface area contributed by atoms with Gasteiger partial charge in [0.05, 0.1) is 12.2 Å². The smallest absolute Gasteiger partial charge is 0.304 e. The van der Waals surface area contributed by atoms with Crippen molar-refractivity contribution in [1.29, 1.82) is 0 Å². The summed E-state index contributed by atoms with van der Waals surface area (Å²) in [6.07, 6.45) is 1.85. The van der Waals surface area contributed by atoms with E-state index in [1.54, 1.807) is 18.2 Å². The predicted molar refractivity (Wildman–Crippen MR) is 94.9 cm³/mol. The van der Waals surface area contributed by atoms with E-state index >= 15 is 0 Å². The molecule has 0 saturated carbocycles. The van der Waals surface area contributed by atoms with Gasteiger partial charge in [-0.2, -0.15) is 11.8 Å². The zero-order valence-corrected chi connectivity index (χ0v) is 14.9. The van der Waals surface area contributed by atoms with Gasteiger partial charge < -0.3 is 10.4 Å². The first-order chi connectivity index (χ1) is 11.4. The van der Waals surface area contributed by atoms with Crippen LogP contribution >= 0.6 is 11.8 Å². The van der Waals surface area contributed by atoms with Crippen LogP contribution in [0.4, 0.5) is 5.69 Å². The minimum atomic E-state index is -3.35.